The molecule has 0 bridgehead atoms. The molecule has 2 aromatic heterocycles. The quantitative estimate of drug-likeness (QED) is 0.485. The highest BCUT2D eigenvalue weighted by Gasteiger charge is 2.04. The van der Waals surface area contributed by atoms with Crippen molar-refractivity contribution in [1.82, 2.24) is 20.3 Å². The summed E-state index contributed by atoms with van der Waals surface area (Å²) in [7, 11) is 0. The van der Waals surface area contributed by atoms with Crippen LogP contribution in [0.5, 0.6) is 0 Å². The molecule has 0 unspecified atom stereocenters. The number of hydrogen-bond acceptors (Lipinski definition) is 5. The Bertz CT molecular complexity index is 491. The first-order valence-electron chi connectivity index (χ1n) is 2.72. The summed E-state index contributed by atoms with van der Waals surface area (Å²) >= 11 is 0. The lowest BCUT2D eigenvalue weighted by Gasteiger charge is -1.79. The standard InChI is InChI=1S/C4H2N4O3/c9-3-1-2(8-11-7-1)5-4(10)6-3/h(H2,5,6,8,9,10). The lowest BCUT2D eigenvalue weighted by Crippen LogP contribution is -2.21. The van der Waals surface area contributed by atoms with Crippen molar-refractivity contribution in [2.75, 3.05) is 0 Å². The van der Waals surface area contributed by atoms with Gasteiger partial charge >= 0.3 is 5.69 Å². The minimum Gasteiger partial charge on any atom is -0.287 e. The van der Waals surface area contributed by atoms with Crippen LogP contribution >= 0.6 is 0 Å². The lowest BCUT2D eigenvalue weighted by atomic mass is 10.5. The summed E-state index contributed by atoms with van der Waals surface area (Å²) < 4.78 is 4.21. The van der Waals surface area contributed by atoms with Gasteiger partial charge in [-0.05, 0) is 10.3 Å². The smallest absolute Gasteiger partial charge is 0.287 e. The fourth-order valence-electron chi connectivity index (χ4n) is 0.721. The van der Waals surface area contributed by atoms with Gasteiger partial charge in [-0.3, -0.25) is 14.8 Å². The molecule has 0 spiro atoms. The zero-order valence-electron chi connectivity index (χ0n) is 5.12. The Labute approximate surface area is 58.0 Å². The molecule has 56 valence electrons. The molecule has 0 atom stereocenters. The molecule has 0 radical (unpaired) electrons. The summed E-state index contributed by atoms with van der Waals surface area (Å²) in [6.45, 7) is 0. The van der Waals surface area contributed by atoms with Gasteiger partial charge in [0.1, 0.15) is 0 Å². The van der Waals surface area contributed by atoms with Crippen molar-refractivity contribution in [3.8, 4) is 0 Å². The van der Waals surface area contributed by atoms with E-state index in [0.29, 0.717) is 0 Å². The average molecular weight is 154 g/mol. The monoisotopic (exact) mass is 154 g/mol. The predicted octanol–water partition coefficient (Wildman–Crippen LogP) is -1.40. The lowest BCUT2D eigenvalue weighted by molar-refractivity contribution is 0.314. The van der Waals surface area contributed by atoms with Crippen LogP contribution in [0.1, 0.15) is 0 Å². The van der Waals surface area contributed by atoms with E-state index >= 15 is 0 Å². The zero-order chi connectivity index (χ0) is 7.84. The van der Waals surface area contributed by atoms with Crippen LogP contribution in [-0.2, 0) is 0 Å². The largest absolute Gasteiger partial charge is 0.327 e. The van der Waals surface area contributed by atoms with Crippen molar-refractivity contribution < 1.29 is 4.63 Å². The Balaban J connectivity index is 3.15. The van der Waals surface area contributed by atoms with E-state index in [1.165, 1.54) is 0 Å². The van der Waals surface area contributed by atoms with Crippen LogP contribution in [0.2, 0.25) is 0 Å². The van der Waals surface area contributed by atoms with Gasteiger partial charge in [0.05, 0.1) is 0 Å². The molecule has 0 aliphatic rings. The summed E-state index contributed by atoms with van der Waals surface area (Å²) in [5.41, 5.74) is -1.19. The highest BCUT2D eigenvalue weighted by atomic mass is 16.6. The van der Waals surface area contributed by atoms with Crippen molar-refractivity contribution in [1.29, 1.82) is 0 Å². The fraction of sp³-hybridized carbons (Fsp3) is 0. The van der Waals surface area contributed by atoms with Crippen LogP contribution in [0.15, 0.2) is 14.2 Å². The van der Waals surface area contributed by atoms with E-state index in [2.05, 4.69) is 19.9 Å². The molecule has 0 saturated heterocycles. The Morgan fingerprint density at radius 3 is 2.82 bits per heavy atom. The molecule has 0 saturated carbocycles. The van der Waals surface area contributed by atoms with Gasteiger partial charge in [-0.15, -0.1) is 0 Å². The number of fused-ring (bicyclic) bond motifs is 1. The van der Waals surface area contributed by atoms with Gasteiger partial charge < -0.3 is 0 Å². The van der Waals surface area contributed by atoms with Gasteiger partial charge in [0, 0.05) is 0 Å². The summed E-state index contributed by atoms with van der Waals surface area (Å²) in [6.07, 6.45) is 0. The molecule has 11 heavy (non-hydrogen) atoms. The Morgan fingerprint density at radius 1 is 1.18 bits per heavy atom. The second kappa shape index (κ2) is 1.78. The van der Waals surface area contributed by atoms with Gasteiger partial charge in [-0.25, -0.2) is 9.42 Å². The van der Waals surface area contributed by atoms with Crippen LogP contribution < -0.4 is 11.2 Å². The zero-order valence-corrected chi connectivity index (χ0v) is 5.12. The predicted molar refractivity (Wildman–Crippen MR) is 33.0 cm³/mol. The number of nitrogens with zero attached hydrogens (tertiary/aromatic N) is 2. The van der Waals surface area contributed by atoms with Crippen molar-refractivity contribution in [3.05, 3.63) is 20.8 Å². The fourth-order valence-corrected chi connectivity index (χ4v) is 0.721. The van der Waals surface area contributed by atoms with E-state index in [0.717, 1.165) is 0 Å². The Morgan fingerprint density at radius 2 is 2.00 bits per heavy atom. The van der Waals surface area contributed by atoms with E-state index in [4.69, 9.17) is 0 Å². The summed E-state index contributed by atoms with van der Waals surface area (Å²) in [5, 5.41) is 6.54. The van der Waals surface area contributed by atoms with Crippen LogP contribution in [0.25, 0.3) is 11.2 Å². The van der Waals surface area contributed by atoms with Crippen molar-refractivity contribution in [3.63, 3.8) is 0 Å². The molecule has 0 aliphatic heterocycles. The third kappa shape index (κ3) is 0.741. The maximum absolute atomic E-state index is 10.8. The second-order valence-electron chi connectivity index (χ2n) is 1.87. The molecular weight excluding hydrogens is 152 g/mol. The number of aromatic nitrogens is 4. The maximum Gasteiger partial charge on any atom is 0.327 e. The number of hydrogen-bond donors (Lipinski definition) is 2. The van der Waals surface area contributed by atoms with Crippen LogP contribution in [-0.4, -0.2) is 20.3 Å². The molecule has 0 fully saturated rings. The third-order valence-electron chi connectivity index (χ3n) is 1.16. The minimum absolute atomic E-state index is 0.00963. The Kier molecular flexibility index (Phi) is 0.945. The average Bonchev–Trinajstić information content (AvgIpc) is 2.34. The number of nitrogens with one attached hydrogen (secondary N) is 2. The molecule has 2 rings (SSSR count). The number of aromatic amines is 2. The topological polar surface area (TPSA) is 105 Å². The van der Waals surface area contributed by atoms with E-state index in [-0.39, 0.29) is 11.2 Å². The van der Waals surface area contributed by atoms with Crippen molar-refractivity contribution in [2.45, 2.75) is 0 Å². The highest BCUT2D eigenvalue weighted by Crippen LogP contribution is 1.92. The first-order valence-corrected chi connectivity index (χ1v) is 2.72. The summed E-state index contributed by atoms with van der Waals surface area (Å²) in [4.78, 5) is 25.6. The van der Waals surface area contributed by atoms with Gasteiger partial charge in [0.15, 0.2) is 0 Å². The van der Waals surface area contributed by atoms with Crippen LogP contribution in [0, 0.1) is 0 Å². The number of rotatable bonds is 0. The maximum atomic E-state index is 10.8. The van der Waals surface area contributed by atoms with Crippen LogP contribution in [0.3, 0.4) is 0 Å². The molecule has 2 heterocycles. The molecule has 0 aromatic carbocycles. The molecule has 7 nitrogen and oxygen atoms in total. The van der Waals surface area contributed by atoms with Gasteiger partial charge in [0.25, 0.3) is 5.56 Å². The molecule has 0 aliphatic carbocycles. The Hall–Kier alpha value is -1.92. The van der Waals surface area contributed by atoms with Gasteiger partial charge in [0.2, 0.25) is 11.2 Å². The van der Waals surface area contributed by atoms with E-state index in [1.54, 1.807) is 0 Å². The van der Waals surface area contributed by atoms with Crippen LogP contribution in [0.4, 0.5) is 0 Å². The van der Waals surface area contributed by atoms with Gasteiger partial charge in [-0.2, -0.15) is 0 Å². The van der Waals surface area contributed by atoms with E-state index < -0.39 is 11.2 Å². The molecule has 0 amide bonds. The van der Waals surface area contributed by atoms with Gasteiger partial charge in [-0.1, -0.05) is 0 Å². The SMILES string of the molecule is O=c1[nH]c(=O)c2nonc2[nH]1. The first-order chi connectivity index (χ1) is 5.27. The van der Waals surface area contributed by atoms with Crippen molar-refractivity contribution >= 4 is 11.2 Å². The van der Waals surface area contributed by atoms with Crippen molar-refractivity contribution in [2.24, 2.45) is 0 Å². The molecule has 2 aromatic rings. The van der Waals surface area contributed by atoms with E-state index in [9.17, 15) is 9.59 Å². The normalized spacial score (nSPS) is 10.5. The number of H-pyrrole nitrogens is 2. The first kappa shape index (κ1) is 5.83. The molecular formula is C4H2N4O3. The minimum atomic E-state index is -0.627. The third-order valence-corrected chi connectivity index (χ3v) is 1.16. The highest BCUT2D eigenvalue weighted by molar-refractivity contribution is 5.65. The second-order valence-corrected chi connectivity index (χ2v) is 1.87. The molecule has 2 N–H and O–H groups in total. The summed E-state index contributed by atoms with van der Waals surface area (Å²) in [5.74, 6) is 0. The summed E-state index contributed by atoms with van der Waals surface area (Å²) in [6, 6.07) is 0. The molecule has 7 heteroatoms. The van der Waals surface area contributed by atoms with E-state index in [1.807, 2.05) is 4.98 Å².